The van der Waals surface area contributed by atoms with E-state index in [1.807, 2.05) is 0 Å². The van der Waals surface area contributed by atoms with Gasteiger partial charge in [0.2, 0.25) is 0 Å². The molecule has 0 heterocycles. The SMILES string of the molecule is O=C(Nc1c(F)cccc1Br)NC1CC1. The van der Waals surface area contributed by atoms with Crippen molar-refractivity contribution < 1.29 is 9.18 Å². The van der Waals surface area contributed by atoms with E-state index in [0.29, 0.717) is 4.47 Å². The Morgan fingerprint density at radius 2 is 2.20 bits per heavy atom. The molecule has 1 aromatic rings. The van der Waals surface area contributed by atoms with Crippen LogP contribution in [-0.2, 0) is 0 Å². The van der Waals surface area contributed by atoms with Gasteiger partial charge < -0.3 is 10.6 Å². The molecule has 0 aromatic heterocycles. The first kappa shape index (κ1) is 10.4. The number of benzene rings is 1. The molecule has 5 heteroatoms. The molecule has 0 spiro atoms. The number of carbonyl (C=O) groups is 1. The van der Waals surface area contributed by atoms with Gasteiger partial charge in [0.15, 0.2) is 0 Å². The molecule has 2 N–H and O–H groups in total. The van der Waals surface area contributed by atoms with E-state index in [4.69, 9.17) is 0 Å². The van der Waals surface area contributed by atoms with Gasteiger partial charge in [-0.25, -0.2) is 9.18 Å². The average molecular weight is 273 g/mol. The monoisotopic (exact) mass is 272 g/mol. The Bertz CT molecular complexity index is 373. The van der Waals surface area contributed by atoms with Gasteiger partial charge in [0, 0.05) is 10.5 Å². The number of amides is 2. The molecule has 0 aliphatic heterocycles. The van der Waals surface area contributed by atoms with Crippen LogP contribution in [0.5, 0.6) is 0 Å². The van der Waals surface area contributed by atoms with Gasteiger partial charge in [-0.2, -0.15) is 0 Å². The Labute approximate surface area is 95.2 Å². The van der Waals surface area contributed by atoms with E-state index >= 15 is 0 Å². The zero-order valence-electron chi connectivity index (χ0n) is 7.89. The Hall–Kier alpha value is -1.10. The lowest BCUT2D eigenvalue weighted by Gasteiger charge is -2.08. The van der Waals surface area contributed by atoms with Crippen LogP contribution in [0.15, 0.2) is 22.7 Å². The first-order valence-corrected chi connectivity index (χ1v) is 5.47. The molecule has 3 nitrogen and oxygen atoms in total. The number of anilines is 1. The number of hydrogen-bond acceptors (Lipinski definition) is 1. The molecule has 0 atom stereocenters. The highest BCUT2D eigenvalue weighted by atomic mass is 79.9. The van der Waals surface area contributed by atoms with Gasteiger partial charge in [0.1, 0.15) is 5.82 Å². The molecule has 2 amide bonds. The van der Waals surface area contributed by atoms with Crippen molar-refractivity contribution in [1.82, 2.24) is 5.32 Å². The van der Waals surface area contributed by atoms with Gasteiger partial charge in [-0.1, -0.05) is 6.07 Å². The second kappa shape index (κ2) is 4.18. The maximum atomic E-state index is 13.3. The Kier molecular flexibility index (Phi) is 2.90. The molecule has 15 heavy (non-hydrogen) atoms. The molecule has 1 fully saturated rings. The summed E-state index contributed by atoms with van der Waals surface area (Å²) in [6.45, 7) is 0. The summed E-state index contributed by atoms with van der Waals surface area (Å²) in [5.74, 6) is -0.449. The lowest BCUT2D eigenvalue weighted by Crippen LogP contribution is -2.30. The largest absolute Gasteiger partial charge is 0.335 e. The molecule has 1 saturated carbocycles. The van der Waals surface area contributed by atoms with E-state index in [2.05, 4.69) is 26.6 Å². The number of rotatable bonds is 2. The summed E-state index contributed by atoms with van der Waals surface area (Å²) in [5.41, 5.74) is 0.177. The van der Waals surface area contributed by atoms with Crippen molar-refractivity contribution in [3.8, 4) is 0 Å². The Balaban J connectivity index is 2.05. The number of hydrogen-bond donors (Lipinski definition) is 2. The Morgan fingerprint density at radius 1 is 1.47 bits per heavy atom. The third-order valence-electron chi connectivity index (χ3n) is 2.11. The topological polar surface area (TPSA) is 41.1 Å². The van der Waals surface area contributed by atoms with E-state index in [1.165, 1.54) is 6.07 Å². The third kappa shape index (κ3) is 2.68. The number of urea groups is 1. The van der Waals surface area contributed by atoms with Gasteiger partial charge in [-0.15, -0.1) is 0 Å². The highest BCUT2D eigenvalue weighted by molar-refractivity contribution is 9.10. The molecule has 2 rings (SSSR count). The smallest absolute Gasteiger partial charge is 0.319 e. The van der Waals surface area contributed by atoms with E-state index < -0.39 is 5.82 Å². The lowest BCUT2D eigenvalue weighted by atomic mass is 10.3. The van der Waals surface area contributed by atoms with Crippen LogP contribution in [-0.4, -0.2) is 12.1 Å². The fourth-order valence-corrected chi connectivity index (χ4v) is 1.62. The summed E-state index contributed by atoms with van der Waals surface area (Å²) in [4.78, 5) is 11.4. The molecule has 80 valence electrons. The van der Waals surface area contributed by atoms with Crippen molar-refractivity contribution in [2.24, 2.45) is 0 Å². The zero-order valence-corrected chi connectivity index (χ0v) is 9.47. The summed E-state index contributed by atoms with van der Waals surface area (Å²) in [6.07, 6.45) is 2.01. The molecule has 0 bridgehead atoms. The van der Waals surface area contributed by atoms with Gasteiger partial charge >= 0.3 is 6.03 Å². The van der Waals surface area contributed by atoms with Gasteiger partial charge in [-0.05, 0) is 40.9 Å². The van der Waals surface area contributed by atoms with Gasteiger partial charge in [-0.3, -0.25) is 0 Å². The minimum Gasteiger partial charge on any atom is -0.335 e. The van der Waals surface area contributed by atoms with E-state index in [0.717, 1.165) is 12.8 Å². The van der Waals surface area contributed by atoms with Crippen molar-refractivity contribution in [1.29, 1.82) is 0 Å². The van der Waals surface area contributed by atoms with E-state index in [-0.39, 0.29) is 17.8 Å². The number of nitrogens with one attached hydrogen (secondary N) is 2. The van der Waals surface area contributed by atoms with Crippen LogP contribution in [0.4, 0.5) is 14.9 Å². The molecular weight excluding hydrogens is 263 g/mol. The van der Waals surface area contributed by atoms with Crippen molar-refractivity contribution >= 4 is 27.6 Å². The van der Waals surface area contributed by atoms with Gasteiger partial charge in [0.05, 0.1) is 5.69 Å². The summed E-state index contributed by atoms with van der Waals surface area (Å²) in [5, 5.41) is 5.20. The molecule has 0 saturated heterocycles. The van der Waals surface area contributed by atoms with Crippen LogP contribution in [0.3, 0.4) is 0 Å². The Morgan fingerprint density at radius 3 is 2.80 bits per heavy atom. The summed E-state index contributed by atoms with van der Waals surface area (Å²) >= 11 is 3.17. The molecular formula is C10H10BrFN2O. The third-order valence-corrected chi connectivity index (χ3v) is 2.77. The molecule has 0 radical (unpaired) electrons. The number of carbonyl (C=O) groups excluding carboxylic acids is 1. The molecule has 1 aliphatic carbocycles. The highest BCUT2D eigenvalue weighted by Gasteiger charge is 2.23. The fraction of sp³-hybridized carbons (Fsp3) is 0.300. The summed E-state index contributed by atoms with van der Waals surface area (Å²) in [7, 11) is 0. The minimum absolute atomic E-state index is 0.177. The quantitative estimate of drug-likeness (QED) is 0.854. The van der Waals surface area contributed by atoms with Crippen molar-refractivity contribution in [2.75, 3.05) is 5.32 Å². The van der Waals surface area contributed by atoms with Crippen LogP contribution in [0.2, 0.25) is 0 Å². The molecule has 1 aromatic carbocycles. The molecule has 0 unspecified atom stereocenters. The fourth-order valence-electron chi connectivity index (χ4n) is 1.18. The number of para-hydroxylation sites is 1. The summed E-state index contributed by atoms with van der Waals surface area (Å²) < 4.78 is 13.8. The van der Waals surface area contributed by atoms with Crippen LogP contribution < -0.4 is 10.6 Å². The number of halogens is 2. The van der Waals surface area contributed by atoms with Crippen molar-refractivity contribution in [3.05, 3.63) is 28.5 Å². The minimum atomic E-state index is -0.449. The standard InChI is InChI=1S/C10H10BrFN2O/c11-7-2-1-3-8(12)9(7)14-10(15)13-6-4-5-6/h1-3,6H,4-5H2,(H2,13,14,15). The van der Waals surface area contributed by atoms with Crippen LogP contribution in [0.1, 0.15) is 12.8 Å². The van der Waals surface area contributed by atoms with E-state index in [9.17, 15) is 9.18 Å². The van der Waals surface area contributed by atoms with Gasteiger partial charge in [0.25, 0.3) is 0 Å². The van der Waals surface area contributed by atoms with Crippen LogP contribution in [0.25, 0.3) is 0 Å². The maximum absolute atomic E-state index is 13.3. The summed E-state index contributed by atoms with van der Waals surface area (Å²) in [6, 6.07) is 4.45. The van der Waals surface area contributed by atoms with E-state index in [1.54, 1.807) is 12.1 Å². The van der Waals surface area contributed by atoms with Crippen LogP contribution in [0, 0.1) is 5.82 Å². The maximum Gasteiger partial charge on any atom is 0.319 e. The van der Waals surface area contributed by atoms with Crippen molar-refractivity contribution in [3.63, 3.8) is 0 Å². The van der Waals surface area contributed by atoms with Crippen LogP contribution >= 0.6 is 15.9 Å². The second-order valence-electron chi connectivity index (χ2n) is 3.47. The predicted molar refractivity (Wildman–Crippen MR) is 59.3 cm³/mol. The lowest BCUT2D eigenvalue weighted by molar-refractivity contribution is 0.251. The van der Waals surface area contributed by atoms with Crippen molar-refractivity contribution in [2.45, 2.75) is 18.9 Å². The first-order valence-electron chi connectivity index (χ1n) is 4.68. The average Bonchev–Trinajstić information content (AvgIpc) is 2.95. The first-order chi connectivity index (χ1) is 7.16. The molecule has 1 aliphatic rings. The normalized spacial score (nSPS) is 14.8. The predicted octanol–water partition coefficient (Wildman–Crippen LogP) is 2.87. The highest BCUT2D eigenvalue weighted by Crippen LogP contribution is 2.25. The zero-order chi connectivity index (χ0) is 10.8. The second-order valence-corrected chi connectivity index (χ2v) is 4.32.